The maximum absolute atomic E-state index is 13.1. The fourth-order valence-corrected chi connectivity index (χ4v) is 6.05. The van der Waals surface area contributed by atoms with Crippen molar-refractivity contribution in [2.75, 3.05) is 6.54 Å². The Labute approximate surface area is 227 Å². The summed E-state index contributed by atoms with van der Waals surface area (Å²) in [4.78, 5) is 46.2. The Kier molecular flexibility index (Phi) is 6.82. The van der Waals surface area contributed by atoms with E-state index in [0.29, 0.717) is 55.0 Å². The van der Waals surface area contributed by atoms with E-state index in [2.05, 4.69) is 62.1 Å². The highest BCUT2D eigenvalue weighted by atomic mass is 127. The minimum Gasteiger partial charge on any atom is -0.356 e. The lowest BCUT2D eigenvalue weighted by molar-refractivity contribution is -0.119. The number of carbonyl (C=O) groups is 1. The van der Waals surface area contributed by atoms with E-state index in [1.807, 2.05) is 31.6 Å². The van der Waals surface area contributed by atoms with Gasteiger partial charge in [-0.1, -0.05) is 43.7 Å². The largest absolute Gasteiger partial charge is 0.356 e. The second kappa shape index (κ2) is 9.92. The van der Waals surface area contributed by atoms with Gasteiger partial charge in [-0.15, -0.1) is 0 Å². The molecular formula is C26H30IN7O3. The fraction of sp³-hybridized carbons (Fsp3) is 0.423. The fourth-order valence-electron chi connectivity index (χ4n) is 4.99. The third kappa shape index (κ3) is 4.32. The summed E-state index contributed by atoms with van der Waals surface area (Å²) in [5.74, 6) is 0.489. The molecule has 0 aliphatic carbocycles. The molecule has 1 aromatic carbocycles. The highest BCUT2D eigenvalue weighted by Crippen LogP contribution is 2.44. The Bertz CT molecular complexity index is 1580. The van der Waals surface area contributed by atoms with Gasteiger partial charge >= 0.3 is 5.69 Å². The second-order valence-electron chi connectivity index (χ2n) is 9.59. The molecular weight excluding hydrogens is 585 g/mol. The number of nitrogens with zero attached hydrogens (tertiary/aromatic N) is 5. The normalized spacial score (nSPS) is 17.3. The van der Waals surface area contributed by atoms with Crippen LogP contribution in [-0.2, 0) is 21.4 Å². The van der Waals surface area contributed by atoms with E-state index in [4.69, 9.17) is 5.10 Å². The lowest BCUT2D eigenvalue weighted by atomic mass is 9.91. The number of aryl methyl sites for hydroxylation is 2. The van der Waals surface area contributed by atoms with Crippen molar-refractivity contribution < 1.29 is 4.79 Å². The molecule has 194 valence electrons. The number of aromatic amines is 1. The molecule has 0 radical (unpaired) electrons. The van der Waals surface area contributed by atoms with Crippen LogP contribution in [0.3, 0.4) is 0 Å². The van der Waals surface area contributed by atoms with Crippen molar-refractivity contribution in [3.8, 4) is 11.4 Å². The number of hydrogen-bond acceptors (Lipinski definition) is 5. The van der Waals surface area contributed by atoms with E-state index in [1.165, 1.54) is 4.57 Å². The predicted octanol–water partition coefficient (Wildman–Crippen LogP) is 3.15. The Morgan fingerprint density at radius 2 is 1.78 bits per heavy atom. The zero-order valence-corrected chi connectivity index (χ0v) is 23.3. The molecule has 4 heterocycles. The van der Waals surface area contributed by atoms with Gasteiger partial charge in [0.15, 0.2) is 5.65 Å². The van der Waals surface area contributed by atoms with Gasteiger partial charge in [0, 0.05) is 38.2 Å². The van der Waals surface area contributed by atoms with Crippen LogP contribution < -0.4 is 16.6 Å². The molecule has 1 aliphatic rings. The number of imidazole rings is 1. The monoisotopic (exact) mass is 615 g/mol. The van der Waals surface area contributed by atoms with Crippen LogP contribution in [0.5, 0.6) is 0 Å². The van der Waals surface area contributed by atoms with E-state index >= 15 is 0 Å². The quantitative estimate of drug-likeness (QED) is 0.233. The summed E-state index contributed by atoms with van der Waals surface area (Å²) < 4.78 is 4.11. The summed E-state index contributed by atoms with van der Waals surface area (Å²) in [5.41, 5.74) is 2.86. The molecule has 2 N–H and O–H groups in total. The van der Waals surface area contributed by atoms with Crippen LogP contribution in [0.25, 0.3) is 22.6 Å². The summed E-state index contributed by atoms with van der Waals surface area (Å²) in [6.07, 6.45) is 5.41. The van der Waals surface area contributed by atoms with Crippen molar-refractivity contribution in [2.24, 2.45) is 5.92 Å². The van der Waals surface area contributed by atoms with Crippen LogP contribution in [0.1, 0.15) is 44.2 Å². The SMILES string of the molecule is CCCn1c(=O)c2[nH]c(-c3cnn(C(I)(c4ccc(C)cc4)C4CNC(=O)C4)c3)nc2n(CCC)c1=O. The van der Waals surface area contributed by atoms with Crippen molar-refractivity contribution in [3.05, 3.63) is 68.6 Å². The zero-order chi connectivity index (χ0) is 26.3. The van der Waals surface area contributed by atoms with E-state index in [1.54, 1.807) is 10.8 Å². The molecule has 1 saturated heterocycles. The van der Waals surface area contributed by atoms with Gasteiger partial charge in [0.1, 0.15) is 14.9 Å². The molecule has 10 nitrogen and oxygen atoms in total. The van der Waals surface area contributed by atoms with Gasteiger partial charge in [-0.25, -0.2) is 9.78 Å². The number of alkyl halides is 1. The smallest absolute Gasteiger partial charge is 0.332 e. The number of halogens is 1. The van der Waals surface area contributed by atoms with Crippen molar-refractivity contribution in [3.63, 3.8) is 0 Å². The Balaban J connectivity index is 1.63. The average Bonchev–Trinajstić information content (AvgIpc) is 3.64. The third-order valence-corrected chi connectivity index (χ3v) is 8.92. The van der Waals surface area contributed by atoms with Crippen LogP contribution >= 0.6 is 22.6 Å². The third-order valence-electron chi connectivity index (χ3n) is 6.92. The molecule has 0 saturated carbocycles. The van der Waals surface area contributed by atoms with E-state index in [0.717, 1.165) is 17.5 Å². The lowest BCUT2D eigenvalue weighted by Gasteiger charge is -2.34. The molecule has 1 amide bonds. The lowest BCUT2D eigenvalue weighted by Crippen LogP contribution is -2.40. The Morgan fingerprint density at radius 3 is 2.43 bits per heavy atom. The predicted molar refractivity (Wildman–Crippen MR) is 150 cm³/mol. The molecule has 0 spiro atoms. The molecule has 2 unspecified atom stereocenters. The van der Waals surface area contributed by atoms with Gasteiger partial charge in [-0.3, -0.25) is 23.4 Å². The molecule has 37 heavy (non-hydrogen) atoms. The first-order valence-electron chi connectivity index (χ1n) is 12.6. The van der Waals surface area contributed by atoms with Crippen molar-refractivity contribution in [1.29, 1.82) is 0 Å². The number of hydrogen-bond donors (Lipinski definition) is 2. The maximum Gasteiger partial charge on any atom is 0.332 e. The molecule has 2 atom stereocenters. The van der Waals surface area contributed by atoms with Crippen LogP contribution in [0.4, 0.5) is 0 Å². The minimum absolute atomic E-state index is 0.0114. The Morgan fingerprint density at radius 1 is 1.08 bits per heavy atom. The van der Waals surface area contributed by atoms with Crippen LogP contribution in [0.2, 0.25) is 0 Å². The molecule has 5 rings (SSSR count). The number of fused-ring (bicyclic) bond motifs is 1. The summed E-state index contributed by atoms with van der Waals surface area (Å²) in [5, 5.41) is 7.66. The number of benzene rings is 1. The van der Waals surface area contributed by atoms with Gasteiger partial charge in [0.25, 0.3) is 5.56 Å². The number of nitrogens with one attached hydrogen (secondary N) is 2. The van der Waals surface area contributed by atoms with Gasteiger partial charge in [-0.2, -0.15) is 5.10 Å². The van der Waals surface area contributed by atoms with Crippen LogP contribution in [0, 0.1) is 12.8 Å². The van der Waals surface area contributed by atoms with Gasteiger partial charge in [0.2, 0.25) is 5.91 Å². The standard InChI is InChI=1S/C26H30IN7O3/c1-4-10-32-23-21(24(36)33(11-5-2)25(32)37)30-22(31-23)17-13-29-34(15-17)26(27,19-12-20(35)28-14-19)18-8-6-16(3)7-9-18/h6-9,13,15,19H,4-5,10-12,14H2,1-3H3,(H,28,35)(H,30,31). The van der Waals surface area contributed by atoms with Crippen LogP contribution in [0.15, 0.2) is 46.2 Å². The van der Waals surface area contributed by atoms with Crippen molar-refractivity contribution in [2.45, 2.75) is 56.7 Å². The highest BCUT2D eigenvalue weighted by Gasteiger charge is 2.44. The number of H-pyrrole nitrogens is 1. The van der Waals surface area contributed by atoms with Gasteiger partial charge < -0.3 is 10.3 Å². The number of carbonyl (C=O) groups excluding carboxylic acids is 1. The van der Waals surface area contributed by atoms with E-state index in [9.17, 15) is 14.4 Å². The number of aromatic nitrogens is 6. The van der Waals surface area contributed by atoms with Gasteiger partial charge in [-0.05, 0) is 47.9 Å². The summed E-state index contributed by atoms with van der Waals surface area (Å²) in [6.45, 7) is 7.33. The zero-order valence-electron chi connectivity index (χ0n) is 21.1. The highest BCUT2D eigenvalue weighted by molar-refractivity contribution is 14.1. The molecule has 11 heteroatoms. The first-order valence-corrected chi connectivity index (χ1v) is 13.7. The summed E-state index contributed by atoms with van der Waals surface area (Å²) in [7, 11) is 0. The molecule has 1 fully saturated rings. The summed E-state index contributed by atoms with van der Waals surface area (Å²) in [6, 6.07) is 8.27. The second-order valence-corrected chi connectivity index (χ2v) is 11.2. The number of amides is 1. The van der Waals surface area contributed by atoms with Crippen LogP contribution in [-0.4, -0.2) is 41.3 Å². The first kappa shape index (κ1) is 25.4. The molecule has 1 aliphatic heterocycles. The maximum atomic E-state index is 13.1. The van der Waals surface area contributed by atoms with Crippen molar-refractivity contribution in [1.82, 2.24) is 34.2 Å². The van der Waals surface area contributed by atoms with Crippen molar-refractivity contribution >= 4 is 39.7 Å². The minimum atomic E-state index is -0.618. The number of rotatable bonds is 8. The van der Waals surface area contributed by atoms with E-state index < -0.39 is 3.55 Å². The molecule has 4 aromatic rings. The Hall–Kier alpha value is -3.22. The topological polar surface area (TPSA) is 120 Å². The van der Waals surface area contributed by atoms with Gasteiger partial charge in [0.05, 0.1) is 11.8 Å². The molecule has 0 bridgehead atoms. The molecule has 3 aromatic heterocycles. The van der Waals surface area contributed by atoms with E-state index in [-0.39, 0.29) is 23.1 Å². The first-order chi connectivity index (χ1) is 17.8. The average molecular weight is 615 g/mol. The summed E-state index contributed by atoms with van der Waals surface area (Å²) >= 11 is 2.40.